The highest BCUT2D eigenvalue weighted by Crippen LogP contribution is 2.27. The maximum Gasteiger partial charge on any atom is 0.191 e. The smallest absolute Gasteiger partial charge is 0.191 e. The molecule has 112 valence electrons. The molecule has 0 aromatic carbocycles. The molecule has 0 aliphatic heterocycles. The number of rotatable bonds is 5. The standard InChI is InChI=1S/C15H27N5/c1-10(8-14-11(2)19-20(5)12(14)3)18-15(16-4)17-9-13-6-7-13/h10,13H,6-9H2,1-5H3,(H2,16,17,18). The number of aryl methyl sites for hydroxylation is 2. The molecule has 1 aliphatic carbocycles. The second kappa shape index (κ2) is 6.29. The lowest BCUT2D eigenvalue weighted by molar-refractivity contribution is 0.629. The summed E-state index contributed by atoms with van der Waals surface area (Å²) in [5.74, 6) is 1.76. The summed E-state index contributed by atoms with van der Waals surface area (Å²) in [6.45, 7) is 7.44. The number of nitrogens with zero attached hydrogens (tertiary/aromatic N) is 3. The first-order valence-corrected chi connectivity index (χ1v) is 7.47. The Morgan fingerprint density at radius 2 is 2.15 bits per heavy atom. The van der Waals surface area contributed by atoms with E-state index in [1.165, 1.54) is 24.1 Å². The first-order chi connectivity index (χ1) is 9.51. The van der Waals surface area contributed by atoms with E-state index < -0.39 is 0 Å². The van der Waals surface area contributed by atoms with E-state index in [1.54, 1.807) is 0 Å². The Morgan fingerprint density at radius 3 is 2.65 bits per heavy atom. The Kier molecular flexibility index (Phi) is 4.68. The first-order valence-electron chi connectivity index (χ1n) is 7.47. The maximum absolute atomic E-state index is 4.47. The molecular weight excluding hydrogens is 250 g/mol. The van der Waals surface area contributed by atoms with Crippen molar-refractivity contribution in [3.8, 4) is 0 Å². The minimum atomic E-state index is 0.335. The van der Waals surface area contributed by atoms with Crippen LogP contribution >= 0.6 is 0 Å². The second-order valence-corrected chi connectivity index (χ2v) is 5.92. The van der Waals surface area contributed by atoms with Crippen LogP contribution in [0.3, 0.4) is 0 Å². The van der Waals surface area contributed by atoms with Gasteiger partial charge < -0.3 is 10.6 Å². The molecule has 0 spiro atoms. The highest BCUT2D eigenvalue weighted by molar-refractivity contribution is 5.79. The minimum absolute atomic E-state index is 0.335. The van der Waals surface area contributed by atoms with Gasteiger partial charge in [0.2, 0.25) is 0 Å². The zero-order valence-corrected chi connectivity index (χ0v) is 13.3. The van der Waals surface area contributed by atoms with E-state index in [0.717, 1.165) is 30.5 Å². The van der Waals surface area contributed by atoms with Gasteiger partial charge in [-0.3, -0.25) is 9.67 Å². The lowest BCUT2D eigenvalue weighted by Crippen LogP contribution is -2.43. The average molecular weight is 277 g/mol. The summed E-state index contributed by atoms with van der Waals surface area (Å²) in [5.41, 5.74) is 3.71. The molecule has 0 radical (unpaired) electrons. The fraction of sp³-hybridized carbons (Fsp3) is 0.733. The maximum atomic E-state index is 4.47. The van der Waals surface area contributed by atoms with Crippen molar-refractivity contribution < 1.29 is 0 Å². The van der Waals surface area contributed by atoms with Crippen molar-refractivity contribution in [3.63, 3.8) is 0 Å². The Bertz CT molecular complexity index is 485. The molecule has 1 aromatic heterocycles. The molecule has 1 fully saturated rings. The van der Waals surface area contributed by atoms with E-state index in [0.29, 0.717) is 6.04 Å². The summed E-state index contributed by atoms with van der Waals surface area (Å²) >= 11 is 0. The van der Waals surface area contributed by atoms with Crippen LogP contribution in [0.25, 0.3) is 0 Å². The third-order valence-electron chi connectivity index (χ3n) is 4.03. The molecular formula is C15H27N5. The number of guanidine groups is 1. The third-order valence-corrected chi connectivity index (χ3v) is 4.03. The molecule has 5 nitrogen and oxygen atoms in total. The highest BCUT2D eigenvalue weighted by atomic mass is 15.3. The van der Waals surface area contributed by atoms with Crippen molar-refractivity contribution in [1.82, 2.24) is 20.4 Å². The van der Waals surface area contributed by atoms with Crippen LogP contribution in [0.15, 0.2) is 4.99 Å². The topological polar surface area (TPSA) is 54.2 Å². The summed E-state index contributed by atoms with van der Waals surface area (Å²) in [6, 6.07) is 0.335. The quantitative estimate of drug-likeness (QED) is 0.634. The van der Waals surface area contributed by atoms with Gasteiger partial charge in [-0.15, -0.1) is 0 Å². The summed E-state index contributed by atoms with van der Waals surface area (Å²) < 4.78 is 1.96. The largest absolute Gasteiger partial charge is 0.356 e. The van der Waals surface area contributed by atoms with E-state index in [1.807, 2.05) is 18.8 Å². The van der Waals surface area contributed by atoms with Crippen molar-refractivity contribution in [2.45, 2.75) is 46.1 Å². The van der Waals surface area contributed by atoms with Crippen LogP contribution in [0.1, 0.15) is 36.7 Å². The van der Waals surface area contributed by atoms with Gasteiger partial charge in [0, 0.05) is 32.4 Å². The summed E-state index contributed by atoms with van der Waals surface area (Å²) in [6.07, 6.45) is 3.68. The van der Waals surface area contributed by atoms with E-state index in [2.05, 4.69) is 41.5 Å². The second-order valence-electron chi connectivity index (χ2n) is 5.92. The van der Waals surface area contributed by atoms with Crippen LogP contribution in [0.5, 0.6) is 0 Å². The molecule has 0 bridgehead atoms. The fourth-order valence-electron chi connectivity index (χ4n) is 2.46. The Labute approximate surface area is 121 Å². The molecule has 0 amide bonds. The van der Waals surface area contributed by atoms with Gasteiger partial charge >= 0.3 is 0 Å². The van der Waals surface area contributed by atoms with Crippen LogP contribution in [-0.2, 0) is 13.5 Å². The van der Waals surface area contributed by atoms with Gasteiger partial charge in [-0.1, -0.05) is 0 Å². The monoisotopic (exact) mass is 277 g/mol. The normalized spacial score (nSPS) is 17.1. The summed E-state index contributed by atoms with van der Waals surface area (Å²) in [4.78, 5) is 4.29. The van der Waals surface area contributed by atoms with Crippen molar-refractivity contribution in [2.75, 3.05) is 13.6 Å². The molecule has 20 heavy (non-hydrogen) atoms. The van der Waals surface area contributed by atoms with Gasteiger partial charge in [0.05, 0.1) is 5.69 Å². The molecule has 1 aromatic rings. The lowest BCUT2D eigenvalue weighted by atomic mass is 10.1. The van der Waals surface area contributed by atoms with E-state index in [9.17, 15) is 0 Å². The number of hydrogen-bond donors (Lipinski definition) is 2. The van der Waals surface area contributed by atoms with Crippen molar-refractivity contribution in [3.05, 3.63) is 17.0 Å². The van der Waals surface area contributed by atoms with Crippen LogP contribution in [-0.4, -0.2) is 35.4 Å². The summed E-state index contributed by atoms with van der Waals surface area (Å²) in [7, 11) is 3.83. The molecule has 1 atom stereocenters. The van der Waals surface area contributed by atoms with Crippen LogP contribution in [0.2, 0.25) is 0 Å². The van der Waals surface area contributed by atoms with Crippen molar-refractivity contribution in [1.29, 1.82) is 0 Å². The zero-order chi connectivity index (χ0) is 14.7. The van der Waals surface area contributed by atoms with Gasteiger partial charge in [-0.25, -0.2) is 0 Å². The van der Waals surface area contributed by atoms with Gasteiger partial charge in [-0.2, -0.15) is 5.10 Å². The average Bonchev–Trinajstić information content (AvgIpc) is 3.20. The predicted molar refractivity (Wildman–Crippen MR) is 83.1 cm³/mol. The predicted octanol–water partition coefficient (Wildman–Crippen LogP) is 1.54. The number of hydrogen-bond acceptors (Lipinski definition) is 2. The van der Waals surface area contributed by atoms with Crippen LogP contribution < -0.4 is 10.6 Å². The zero-order valence-electron chi connectivity index (χ0n) is 13.3. The van der Waals surface area contributed by atoms with Crippen LogP contribution in [0, 0.1) is 19.8 Å². The van der Waals surface area contributed by atoms with Gasteiger partial charge in [-0.05, 0) is 51.5 Å². The molecule has 2 rings (SSSR count). The van der Waals surface area contributed by atoms with E-state index in [-0.39, 0.29) is 0 Å². The third kappa shape index (κ3) is 3.74. The minimum Gasteiger partial charge on any atom is -0.356 e. The Hall–Kier alpha value is -1.52. The number of aromatic nitrogens is 2. The number of aliphatic imine (C=N–C) groups is 1. The molecule has 5 heteroatoms. The van der Waals surface area contributed by atoms with E-state index >= 15 is 0 Å². The summed E-state index contributed by atoms with van der Waals surface area (Å²) in [5, 5.41) is 11.3. The molecule has 2 N–H and O–H groups in total. The Balaban J connectivity index is 1.88. The van der Waals surface area contributed by atoms with Gasteiger partial charge in [0.25, 0.3) is 0 Å². The Morgan fingerprint density at radius 1 is 1.45 bits per heavy atom. The number of nitrogens with one attached hydrogen (secondary N) is 2. The van der Waals surface area contributed by atoms with Crippen LogP contribution in [0.4, 0.5) is 0 Å². The highest BCUT2D eigenvalue weighted by Gasteiger charge is 2.21. The molecule has 0 saturated heterocycles. The fourth-order valence-corrected chi connectivity index (χ4v) is 2.46. The van der Waals surface area contributed by atoms with Gasteiger partial charge in [0.15, 0.2) is 5.96 Å². The molecule has 1 saturated carbocycles. The molecule has 1 heterocycles. The lowest BCUT2D eigenvalue weighted by Gasteiger charge is -2.18. The van der Waals surface area contributed by atoms with Crippen molar-refractivity contribution >= 4 is 5.96 Å². The van der Waals surface area contributed by atoms with E-state index in [4.69, 9.17) is 0 Å². The van der Waals surface area contributed by atoms with Gasteiger partial charge in [0.1, 0.15) is 0 Å². The molecule has 1 unspecified atom stereocenters. The molecule has 1 aliphatic rings. The SMILES string of the molecule is CN=C(NCC1CC1)NC(C)Cc1c(C)nn(C)c1C. The van der Waals surface area contributed by atoms with Crippen molar-refractivity contribution in [2.24, 2.45) is 18.0 Å². The first kappa shape index (κ1) is 14.9.